The third-order valence-corrected chi connectivity index (χ3v) is 7.33. The average Bonchev–Trinajstić information content (AvgIpc) is 3.14. The van der Waals surface area contributed by atoms with E-state index in [0.717, 1.165) is 39.2 Å². The van der Waals surface area contributed by atoms with E-state index in [4.69, 9.17) is 10.1 Å². The van der Waals surface area contributed by atoms with Gasteiger partial charge >= 0.3 is 0 Å². The number of imidazole rings is 1. The molecular formula is C24H25N5O3S2. The van der Waals surface area contributed by atoms with E-state index in [2.05, 4.69) is 10.4 Å². The molecule has 0 bridgehead atoms. The highest BCUT2D eigenvalue weighted by Crippen LogP contribution is 2.31. The van der Waals surface area contributed by atoms with Gasteiger partial charge in [-0.25, -0.2) is 23.1 Å². The van der Waals surface area contributed by atoms with Gasteiger partial charge in [-0.05, 0) is 62.6 Å². The first-order valence-electron chi connectivity index (χ1n) is 10.5. The normalized spacial score (nSPS) is 11.7. The van der Waals surface area contributed by atoms with Crippen LogP contribution in [0.3, 0.4) is 0 Å². The van der Waals surface area contributed by atoms with Crippen LogP contribution < -0.4 is 10.5 Å². The number of nitrogens with zero attached hydrogens (tertiary/aromatic N) is 3. The zero-order valence-corrected chi connectivity index (χ0v) is 20.9. The zero-order chi connectivity index (χ0) is 24.6. The number of thioether (sulfide) groups is 1. The van der Waals surface area contributed by atoms with Crippen molar-refractivity contribution in [2.75, 3.05) is 11.1 Å². The molecule has 0 saturated carbocycles. The van der Waals surface area contributed by atoms with E-state index in [0.29, 0.717) is 10.8 Å². The van der Waals surface area contributed by atoms with Gasteiger partial charge in [0.1, 0.15) is 0 Å². The number of nitrogens with one attached hydrogen (secondary N) is 1. The number of carbonyl (C=O) groups excluding carboxylic acids is 1. The summed E-state index contributed by atoms with van der Waals surface area (Å²) in [6.07, 6.45) is 0. The zero-order valence-electron chi connectivity index (χ0n) is 19.3. The number of carbonyl (C=O) groups is 1. The van der Waals surface area contributed by atoms with Crippen LogP contribution in [-0.2, 0) is 14.8 Å². The fourth-order valence-electron chi connectivity index (χ4n) is 3.73. The molecule has 2 aromatic heterocycles. The molecule has 0 atom stereocenters. The molecule has 0 radical (unpaired) electrons. The van der Waals surface area contributed by atoms with Crippen molar-refractivity contribution in [1.29, 1.82) is 0 Å². The molecule has 176 valence electrons. The second kappa shape index (κ2) is 9.21. The number of amides is 1. The Balaban J connectivity index is 1.63. The summed E-state index contributed by atoms with van der Waals surface area (Å²) in [6, 6.07) is 14.7. The van der Waals surface area contributed by atoms with Crippen LogP contribution in [0.25, 0.3) is 16.8 Å². The third kappa shape index (κ3) is 4.84. The molecule has 10 heteroatoms. The fraction of sp³-hybridized carbons (Fsp3) is 0.208. The Hall–Kier alpha value is -3.21. The molecule has 0 spiro atoms. The standard InChI is InChI=1S/C24H25N5O3S2/c1-14-11-19(34(25,31)32)12-20(17(14)4)26-21(30)13-33-24-27-22(18-8-6-5-7-9-18)23-15(2)10-16(3)28-29(23)24/h5-12H,13H2,1-4H3,(H,26,30)(H2,25,31,32). The highest BCUT2D eigenvalue weighted by atomic mass is 32.2. The maximum Gasteiger partial charge on any atom is 0.238 e. The molecule has 0 aliphatic rings. The summed E-state index contributed by atoms with van der Waals surface area (Å²) in [5.41, 5.74) is 6.47. The number of aryl methyl sites for hydroxylation is 3. The number of hydrogen-bond acceptors (Lipinski definition) is 6. The summed E-state index contributed by atoms with van der Waals surface area (Å²) in [4.78, 5) is 17.6. The highest BCUT2D eigenvalue weighted by Gasteiger charge is 2.19. The predicted octanol–water partition coefficient (Wildman–Crippen LogP) is 4.01. The molecule has 0 fully saturated rings. The molecule has 2 aromatic carbocycles. The Labute approximate surface area is 202 Å². The van der Waals surface area contributed by atoms with Gasteiger partial charge in [0.2, 0.25) is 15.9 Å². The number of anilines is 1. The van der Waals surface area contributed by atoms with E-state index in [1.165, 1.54) is 23.9 Å². The molecule has 0 aliphatic heterocycles. The van der Waals surface area contributed by atoms with E-state index in [-0.39, 0.29) is 16.6 Å². The lowest BCUT2D eigenvalue weighted by atomic mass is 10.1. The summed E-state index contributed by atoms with van der Waals surface area (Å²) in [5.74, 6) is -0.221. The van der Waals surface area contributed by atoms with Gasteiger partial charge in [0.25, 0.3) is 0 Å². The fourth-order valence-corrected chi connectivity index (χ4v) is 5.10. The molecule has 34 heavy (non-hydrogen) atoms. The lowest BCUT2D eigenvalue weighted by molar-refractivity contribution is -0.113. The summed E-state index contributed by atoms with van der Waals surface area (Å²) >= 11 is 1.26. The molecule has 2 heterocycles. The number of rotatable bonds is 6. The number of benzene rings is 2. The van der Waals surface area contributed by atoms with Crippen LogP contribution in [0, 0.1) is 27.7 Å². The Morgan fingerprint density at radius 2 is 1.76 bits per heavy atom. The van der Waals surface area contributed by atoms with E-state index in [1.807, 2.05) is 57.2 Å². The highest BCUT2D eigenvalue weighted by molar-refractivity contribution is 7.99. The van der Waals surface area contributed by atoms with E-state index in [1.54, 1.807) is 11.4 Å². The first-order chi connectivity index (χ1) is 16.0. The van der Waals surface area contributed by atoms with Crippen molar-refractivity contribution >= 4 is 38.9 Å². The van der Waals surface area contributed by atoms with Gasteiger partial charge in [-0.15, -0.1) is 0 Å². The van der Waals surface area contributed by atoms with Crippen molar-refractivity contribution in [1.82, 2.24) is 14.6 Å². The second-order valence-corrected chi connectivity index (χ2v) is 10.6. The number of hydrogen-bond donors (Lipinski definition) is 2. The Kier molecular flexibility index (Phi) is 6.48. The monoisotopic (exact) mass is 495 g/mol. The van der Waals surface area contributed by atoms with Gasteiger partial charge in [-0.2, -0.15) is 5.10 Å². The Bertz CT molecular complexity index is 1510. The number of sulfonamides is 1. The lowest BCUT2D eigenvalue weighted by Crippen LogP contribution is -2.17. The van der Waals surface area contributed by atoms with Crippen LogP contribution in [0.1, 0.15) is 22.4 Å². The lowest BCUT2D eigenvalue weighted by Gasteiger charge is -2.12. The number of aromatic nitrogens is 3. The van der Waals surface area contributed by atoms with Crippen molar-refractivity contribution in [2.45, 2.75) is 37.7 Å². The molecule has 0 saturated heterocycles. The van der Waals surface area contributed by atoms with Gasteiger partial charge in [0.15, 0.2) is 5.16 Å². The summed E-state index contributed by atoms with van der Waals surface area (Å²) in [6.45, 7) is 7.52. The largest absolute Gasteiger partial charge is 0.325 e. The smallest absolute Gasteiger partial charge is 0.238 e. The van der Waals surface area contributed by atoms with E-state index >= 15 is 0 Å². The molecule has 4 rings (SSSR count). The van der Waals surface area contributed by atoms with Gasteiger partial charge in [0.05, 0.1) is 27.6 Å². The molecule has 3 N–H and O–H groups in total. The molecule has 4 aromatic rings. The minimum Gasteiger partial charge on any atom is -0.325 e. The first-order valence-corrected chi connectivity index (χ1v) is 13.1. The number of nitrogens with two attached hydrogens (primary N) is 1. The summed E-state index contributed by atoms with van der Waals surface area (Å²) < 4.78 is 25.4. The topological polar surface area (TPSA) is 119 Å². The van der Waals surface area contributed by atoms with Gasteiger partial charge in [0, 0.05) is 11.3 Å². The Morgan fingerprint density at radius 1 is 1.06 bits per heavy atom. The van der Waals surface area contributed by atoms with E-state index in [9.17, 15) is 13.2 Å². The maximum atomic E-state index is 12.8. The summed E-state index contributed by atoms with van der Waals surface area (Å²) in [5, 5.41) is 13.3. The van der Waals surface area contributed by atoms with Gasteiger partial charge in [-0.3, -0.25) is 4.79 Å². The average molecular weight is 496 g/mol. The Morgan fingerprint density at radius 3 is 2.44 bits per heavy atom. The SMILES string of the molecule is Cc1cc(C)c2c(-c3ccccc3)nc(SCC(=O)Nc3cc(S(N)(=O)=O)cc(C)c3C)n2n1. The third-order valence-electron chi connectivity index (χ3n) is 5.50. The van der Waals surface area contributed by atoms with Crippen LogP contribution in [0.5, 0.6) is 0 Å². The van der Waals surface area contributed by atoms with Crippen LogP contribution in [0.15, 0.2) is 58.6 Å². The quantitative estimate of drug-likeness (QED) is 0.390. The van der Waals surface area contributed by atoms with Crippen LogP contribution in [0.4, 0.5) is 5.69 Å². The van der Waals surface area contributed by atoms with Crippen LogP contribution >= 0.6 is 11.8 Å². The summed E-state index contributed by atoms with van der Waals surface area (Å²) in [7, 11) is -3.89. The van der Waals surface area contributed by atoms with Crippen LogP contribution in [-0.4, -0.2) is 34.7 Å². The molecule has 0 aliphatic carbocycles. The predicted molar refractivity (Wildman–Crippen MR) is 135 cm³/mol. The number of primary sulfonamides is 1. The van der Waals surface area contributed by atoms with Crippen molar-refractivity contribution in [2.24, 2.45) is 5.14 Å². The maximum absolute atomic E-state index is 12.8. The molecule has 8 nitrogen and oxygen atoms in total. The first kappa shape index (κ1) is 23.9. The minimum atomic E-state index is -3.89. The molecular weight excluding hydrogens is 470 g/mol. The van der Waals surface area contributed by atoms with Crippen molar-refractivity contribution in [3.63, 3.8) is 0 Å². The minimum absolute atomic E-state index is 0.0412. The molecule has 1 amide bonds. The van der Waals surface area contributed by atoms with Gasteiger partial charge in [-0.1, -0.05) is 42.1 Å². The van der Waals surface area contributed by atoms with Crippen LogP contribution in [0.2, 0.25) is 0 Å². The van der Waals surface area contributed by atoms with E-state index < -0.39 is 10.0 Å². The van der Waals surface area contributed by atoms with Crippen molar-refractivity contribution in [3.8, 4) is 11.3 Å². The van der Waals surface area contributed by atoms with Crippen molar-refractivity contribution in [3.05, 3.63) is 70.9 Å². The second-order valence-electron chi connectivity index (χ2n) is 8.13. The molecule has 0 unspecified atom stereocenters. The van der Waals surface area contributed by atoms with Gasteiger partial charge < -0.3 is 5.32 Å². The van der Waals surface area contributed by atoms with Crippen molar-refractivity contribution < 1.29 is 13.2 Å². The number of fused-ring (bicyclic) bond motifs is 1.